The number of carbonyl (C=O) groups excluding carboxylic acids is 1. The number of hydrogen-bond acceptors (Lipinski definition) is 7. The van der Waals surface area contributed by atoms with Crippen LogP contribution in [0.5, 0.6) is 0 Å². The van der Waals surface area contributed by atoms with E-state index in [0.29, 0.717) is 31.6 Å². The van der Waals surface area contributed by atoms with E-state index in [4.69, 9.17) is 4.98 Å². The molecule has 2 saturated heterocycles. The van der Waals surface area contributed by atoms with Gasteiger partial charge in [0.15, 0.2) is 0 Å². The number of aromatic nitrogens is 4. The molecule has 0 atom stereocenters. The smallest absolute Gasteiger partial charge is 0.334 e. The van der Waals surface area contributed by atoms with Crippen molar-refractivity contribution in [2.24, 2.45) is 0 Å². The van der Waals surface area contributed by atoms with Gasteiger partial charge in [0.2, 0.25) is 11.9 Å². The number of carbonyl (C=O) groups is 1. The highest BCUT2D eigenvalue weighted by Gasteiger charge is 2.32. The van der Waals surface area contributed by atoms with Gasteiger partial charge in [0.05, 0.1) is 17.6 Å². The first kappa shape index (κ1) is 30.8. The Bertz CT molecular complexity index is 1670. The highest BCUT2D eigenvalue weighted by molar-refractivity contribution is 5.80. The van der Waals surface area contributed by atoms with Crippen LogP contribution in [0.3, 0.4) is 0 Å². The van der Waals surface area contributed by atoms with Crippen LogP contribution in [-0.4, -0.2) is 93.3 Å². The van der Waals surface area contributed by atoms with Gasteiger partial charge in [-0.2, -0.15) is 4.57 Å². The molecule has 4 aromatic rings. The molecule has 0 unspecified atom stereocenters. The summed E-state index contributed by atoms with van der Waals surface area (Å²) in [6, 6.07) is 16.3. The number of nitrogens with zero attached hydrogens (tertiary/aromatic N) is 8. The topological polar surface area (TPSA) is 82.7 Å². The van der Waals surface area contributed by atoms with Gasteiger partial charge in [0.25, 0.3) is 5.56 Å². The summed E-state index contributed by atoms with van der Waals surface area (Å²) in [6.45, 7) is 9.69. The van der Waals surface area contributed by atoms with E-state index < -0.39 is 0 Å². The first-order chi connectivity index (χ1) is 21.9. The molecule has 10 nitrogen and oxygen atoms in total. The van der Waals surface area contributed by atoms with Crippen LogP contribution in [-0.2, 0) is 6.54 Å². The number of hydrogen-bond donors (Lipinski definition) is 0. The molecule has 2 aromatic carbocycles. The first-order valence-electron chi connectivity index (χ1n) is 16.2. The molecule has 0 aliphatic carbocycles. The Morgan fingerprint density at radius 2 is 1.58 bits per heavy atom. The molecule has 0 spiro atoms. The maximum absolute atomic E-state index is 13.7. The minimum absolute atomic E-state index is 0.0953. The SMILES string of the molecule is CCN(CC)C1CCN(C(=O)n2c(N(C)C3CCN(c4nc5ccccc5n4Cc4ccc(F)cc4)CC3)nccc2=O)CC1. The fourth-order valence-electron chi connectivity index (χ4n) is 6.98. The van der Waals surface area contributed by atoms with Crippen molar-refractivity contribution < 1.29 is 9.18 Å². The van der Waals surface area contributed by atoms with Crippen LogP contribution in [0, 0.1) is 5.82 Å². The number of imidazole rings is 1. The predicted molar refractivity (Wildman–Crippen MR) is 176 cm³/mol. The van der Waals surface area contributed by atoms with E-state index >= 15 is 0 Å². The molecule has 4 heterocycles. The van der Waals surface area contributed by atoms with Gasteiger partial charge in [-0.3, -0.25) is 4.79 Å². The number of anilines is 2. The van der Waals surface area contributed by atoms with E-state index in [-0.39, 0.29) is 23.4 Å². The van der Waals surface area contributed by atoms with Crippen LogP contribution in [0.4, 0.5) is 21.1 Å². The molecule has 1 amide bonds. The molecule has 0 N–H and O–H groups in total. The monoisotopic (exact) mass is 614 g/mol. The van der Waals surface area contributed by atoms with Crippen LogP contribution < -0.4 is 15.4 Å². The van der Waals surface area contributed by atoms with E-state index in [9.17, 15) is 14.0 Å². The lowest BCUT2D eigenvalue weighted by Crippen LogP contribution is -2.51. The Kier molecular flexibility index (Phi) is 9.16. The van der Waals surface area contributed by atoms with Gasteiger partial charge in [-0.25, -0.2) is 19.2 Å². The molecule has 2 aliphatic heterocycles. The van der Waals surface area contributed by atoms with Crippen LogP contribution in [0.25, 0.3) is 11.0 Å². The van der Waals surface area contributed by atoms with Gasteiger partial charge in [-0.1, -0.05) is 38.1 Å². The Balaban J connectivity index is 1.17. The molecule has 2 fully saturated rings. The molecule has 0 saturated carbocycles. The summed E-state index contributed by atoms with van der Waals surface area (Å²) in [6.07, 6.45) is 4.92. The summed E-state index contributed by atoms with van der Waals surface area (Å²) in [5.41, 5.74) is 2.61. The lowest BCUT2D eigenvalue weighted by atomic mass is 10.0. The normalized spacial score (nSPS) is 16.6. The van der Waals surface area contributed by atoms with Gasteiger partial charge in [0.1, 0.15) is 5.82 Å². The molecule has 45 heavy (non-hydrogen) atoms. The molecule has 238 valence electrons. The van der Waals surface area contributed by atoms with E-state index in [1.54, 1.807) is 4.90 Å². The molecular weight excluding hydrogens is 571 g/mol. The fourth-order valence-corrected chi connectivity index (χ4v) is 6.98. The summed E-state index contributed by atoms with van der Waals surface area (Å²) in [4.78, 5) is 44.9. The van der Waals surface area contributed by atoms with Gasteiger partial charge in [-0.05, 0) is 68.6 Å². The third-order valence-electron chi connectivity index (χ3n) is 9.58. The van der Waals surface area contributed by atoms with Crippen molar-refractivity contribution in [2.45, 2.75) is 58.2 Å². The summed E-state index contributed by atoms with van der Waals surface area (Å²) >= 11 is 0. The zero-order valence-electron chi connectivity index (χ0n) is 26.5. The molecule has 0 bridgehead atoms. The third-order valence-corrected chi connectivity index (χ3v) is 9.58. The summed E-state index contributed by atoms with van der Waals surface area (Å²) in [7, 11) is 1.93. The van der Waals surface area contributed by atoms with Crippen molar-refractivity contribution in [2.75, 3.05) is 56.1 Å². The van der Waals surface area contributed by atoms with Gasteiger partial charge < -0.3 is 24.2 Å². The standard InChI is InChI=1S/C34H43FN8O2/c1-4-39(5-2)28-17-22-41(23-18-28)34(45)43-31(44)14-19-36-32(43)38(3)27-15-20-40(21-16-27)33-37-29-8-6-7-9-30(29)42(33)24-25-10-12-26(35)13-11-25/h6-14,19,27-28H,4-5,15-18,20-24H2,1-3H3. The predicted octanol–water partition coefficient (Wildman–Crippen LogP) is 4.66. The van der Waals surface area contributed by atoms with Crippen molar-refractivity contribution in [1.29, 1.82) is 0 Å². The zero-order valence-corrected chi connectivity index (χ0v) is 26.5. The van der Waals surface area contributed by atoms with Crippen molar-refractivity contribution in [3.63, 3.8) is 0 Å². The maximum Gasteiger partial charge on any atom is 0.334 e. The van der Waals surface area contributed by atoms with Gasteiger partial charge in [0, 0.05) is 57.6 Å². The van der Waals surface area contributed by atoms with Gasteiger partial charge >= 0.3 is 6.03 Å². The van der Waals surface area contributed by atoms with Crippen LogP contribution in [0.2, 0.25) is 0 Å². The van der Waals surface area contributed by atoms with E-state index in [1.807, 2.05) is 42.3 Å². The molecular formula is C34H43FN8O2. The number of fused-ring (bicyclic) bond motifs is 1. The molecule has 2 aliphatic rings. The summed E-state index contributed by atoms with van der Waals surface area (Å²) < 4.78 is 17.0. The number of piperidine rings is 2. The van der Waals surface area contributed by atoms with Gasteiger partial charge in [-0.15, -0.1) is 0 Å². The second-order valence-corrected chi connectivity index (χ2v) is 12.1. The van der Waals surface area contributed by atoms with E-state index in [2.05, 4.69) is 39.3 Å². The first-order valence-corrected chi connectivity index (χ1v) is 16.2. The Morgan fingerprint density at radius 3 is 2.27 bits per heavy atom. The minimum atomic E-state index is -0.352. The average Bonchev–Trinajstić information content (AvgIpc) is 3.44. The average molecular weight is 615 g/mol. The Morgan fingerprint density at radius 1 is 0.911 bits per heavy atom. The number of amides is 1. The quantitative estimate of drug-likeness (QED) is 0.286. The Labute approximate surface area is 263 Å². The van der Waals surface area contributed by atoms with Crippen molar-refractivity contribution >= 4 is 29.0 Å². The summed E-state index contributed by atoms with van der Waals surface area (Å²) in [5, 5.41) is 0. The zero-order chi connectivity index (χ0) is 31.5. The lowest BCUT2D eigenvalue weighted by molar-refractivity contribution is 0.125. The maximum atomic E-state index is 13.7. The number of benzene rings is 2. The van der Waals surface area contributed by atoms with Crippen LogP contribution >= 0.6 is 0 Å². The van der Waals surface area contributed by atoms with Crippen molar-refractivity contribution in [1.82, 2.24) is 28.9 Å². The highest BCUT2D eigenvalue weighted by Crippen LogP contribution is 2.29. The van der Waals surface area contributed by atoms with E-state index in [1.165, 1.54) is 29.0 Å². The van der Waals surface area contributed by atoms with Crippen molar-refractivity contribution in [3.05, 3.63) is 82.5 Å². The largest absolute Gasteiger partial charge is 0.342 e. The van der Waals surface area contributed by atoms with Crippen LogP contribution in [0.1, 0.15) is 45.1 Å². The number of halogens is 1. The van der Waals surface area contributed by atoms with Crippen molar-refractivity contribution in [3.8, 4) is 0 Å². The number of likely N-dealkylation sites (tertiary alicyclic amines) is 1. The second kappa shape index (κ2) is 13.4. The molecule has 0 radical (unpaired) electrons. The van der Waals surface area contributed by atoms with E-state index in [0.717, 1.165) is 74.4 Å². The molecule has 6 rings (SSSR count). The number of rotatable bonds is 8. The number of para-hydroxylation sites is 2. The highest BCUT2D eigenvalue weighted by atomic mass is 19.1. The Hall–Kier alpha value is -4.25. The lowest BCUT2D eigenvalue weighted by Gasteiger charge is -2.39. The third kappa shape index (κ3) is 6.31. The molecule has 2 aromatic heterocycles. The van der Waals surface area contributed by atoms with Crippen LogP contribution in [0.15, 0.2) is 65.6 Å². The summed E-state index contributed by atoms with van der Waals surface area (Å²) in [5.74, 6) is 1.03. The fraction of sp³-hybridized carbons (Fsp3) is 0.471. The second-order valence-electron chi connectivity index (χ2n) is 12.1. The minimum Gasteiger partial charge on any atom is -0.342 e. The molecule has 11 heteroatoms.